The lowest BCUT2D eigenvalue weighted by Crippen LogP contribution is -2.54. The first-order chi connectivity index (χ1) is 23.3. The van der Waals surface area contributed by atoms with E-state index < -0.39 is 30.3 Å². The molecular weight excluding hydrogens is 606 g/mol. The van der Waals surface area contributed by atoms with E-state index in [1.807, 2.05) is 135 Å². The van der Waals surface area contributed by atoms with Crippen molar-refractivity contribution >= 4 is 18.4 Å². The van der Waals surface area contributed by atoms with Crippen LogP contribution in [0.4, 0.5) is 9.59 Å². The Kier molecular flexibility index (Phi) is 14.0. The molecule has 0 saturated heterocycles. The van der Waals surface area contributed by atoms with Crippen LogP contribution >= 0.6 is 0 Å². The zero-order chi connectivity index (χ0) is 34.1. The Morgan fingerprint density at radius 3 is 1.96 bits per heavy atom. The third-order valence-electron chi connectivity index (χ3n) is 7.69. The number of amides is 3. The average molecular weight is 651 g/mol. The second-order valence-electron chi connectivity index (χ2n) is 12.1. The van der Waals surface area contributed by atoms with E-state index in [4.69, 9.17) is 9.47 Å². The molecule has 0 aliphatic heterocycles. The van der Waals surface area contributed by atoms with Crippen molar-refractivity contribution in [3.63, 3.8) is 0 Å². The molecule has 9 heteroatoms. The summed E-state index contributed by atoms with van der Waals surface area (Å²) >= 11 is 0. The summed E-state index contributed by atoms with van der Waals surface area (Å²) in [7, 11) is 0. The molecule has 0 aromatic heterocycles. The molecule has 0 aliphatic rings. The third kappa shape index (κ3) is 12.2. The van der Waals surface area contributed by atoms with Gasteiger partial charge in [0.2, 0.25) is 6.29 Å². The van der Waals surface area contributed by atoms with Crippen LogP contribution in [-0.4, -0.2) is 59.7 Å². The zero-order valence-corrected chi connectivity index (χ0v) is 27.5. The minimum absolute atomic E-state index is 0.0734. The minimum atomic E-state index is -1.16. The number of alkyl carbamates (subject to hydrolysis) is 1. The summed E-state index contributed by atoms with van der Waals surface area (Å²) in [5.41, 5.74) is 2.68. The molecule has 0 spiro atoms. The Labute approximate surface area is 282 Å². The van der Waals surface area contributed by atoms with Crippen molar-refractivity contribution in [2.45, 2.75) is 57.9 Å². The summed E-state index contributed by atoms with van der Waals surface area (Å²) in [6.45, 7) is 4.13. The SMILES string of the molecule is CC(C)C[C@@H]([C]=O)NC(=O)N(CCc1ccc(Oc2ccccc2)cc1)CC(O)C(Cc1ccccc1)NC(=O)OCc1ccccc1. The van der Waals surface area contributed by atoms with Gasteiger partial charge in [0, 0.05) is 6.54 Å². The molecule has 1 radical (unpaired) electrons. The van der Waals surface area contributed by atoms with Gasteiger partial charge in [0.25, 0.3) is 0 Å². The van der Waals surface area contributed by atoms with Gasteiger partial charge in [-0.1, -0.05) is 105 Å². The summed E-state index contributed by atoms with van der Waals surface area (Å²) in [5.74, 6) is 1.57. The van der Waals surface area contributed by atoms with E-state index in [0.717, 1.165) is 22.4 Å². The number of carbonyl (C=O) groups is 2. The van der Waals surface area contributed by atoms with Crippen molar-refractivity contribution in [1.82, 2.24) is 15.5 Å². The lowest BCUT2D eigenvalue weighted by Gasteiger charge is -2.31. The number of nitrogens with zero attached hydrogens (tertiary/aromatic N) is 1. The van der Waals surface area contributed by atoms with Crippen LogP contribution in [0.5, 0.6) is 11.5 Å². The number of nitrogens with one attached hydrogen (secondary N) is 2. The smallest absolute Gasteiger partial charge is 0.407 e. The van der Waals surface area contributed by atoms with Gasteiger partial charge in [-0.25, -0.2) is 9.59 Å². The van der Waals surface area contributed by atoms with Gasteiger partial charge >= 0.3 is 12.1 Å². The second kappa shape index (κ2) is 18.9. The number of benzene rings is 4. The Bertz CT molecular complexity index is 1530. The molecule has 3 N–H and O–H groups in total. The normalized spacial score (nSPS) is 12.8. The van der Waals surface area contributed by atoms with Crippen molar-refractivity contribution in [2.24, 2.45) is 5.92 Å². The molecule has 0 saturated carbocycles. The molecule has 4 aromatic rings. The zero-order valence-electron chi connectivity index (χ0n) is 27.5. The fraction of sp³-hybridized carbons (Fsp3) is 0.308. The monoisotopic (exact) mass is 650 g/mol. The number of carbonyl (C=O) groups excluding carboxylic acids is 3. The molecule has 0 heterocycles. The van der Waals surface area contributed by atoms with Crippen molar-refractivity contribution in [1.29, 1.82) is 0 Å². The Balaban J connectivity index is 1.47. The number of aliphatic hydroxyl groups is 1. The predicted molar refractivity (Wildman–Crippen MR) is 185 cm³/mol. The van der Waals surface area contributed by atoms with Crippen LogP contribution in [0, 0.1) is 5.92 Å². The summed E-state index contributed by atoms with van der Waals surface area (Å²) < 4.78 is 11.3. The largest absolute Gasteiger partial charge is 0.457 e. The van der Waals surface area contributed by atoms with Gasteiger partial charge in [0.15, 0.2) is 0 Å². The maximum absolute atomic E-state index is 13.6. The van der Waals surface area contributed by atoms with Gasteiger partial charge < -0.3 is 30.1 Å². The molecule has 9 nitrogen and oxygen atoms in total. The van der Waals surface area contributed by atoms with E-state index in [0.29, 0.717) is 25.0 Å². The van der Waals surface area contributed by atoms with Crippen molar-refractivity contribution in [3.8, 4) is 11.5 Å². The number of urea groups is 1. The van der Waals surface area contributed by atoms with Gasteiger partial charge in [0.1, 0.15) is 18.1 Å². The quantitative estimate of drug-likeness (QED) is 0.121. The van der Waals surface area contributed by atoms with E-state index in [1.165, 1.54) is 4.90 Å². The van der Waals surface area contributed by atoms with Crippen LogP contribution in [-0.2, 0) is 29.0 Å². The second-order valence-corrected chi connectivity index (χ2v) is 12.1. The standard InChI is InChI=1S/C39H44N3O6/c1-29(2)24-33(27-43)40-38(45)42(23-22-30-18-20-35(21-19-30)48-34-16-10-5-11-17-34)26-37(44)36(25-31-12-6-3-7-13-31)41-39(46)47-28-32-14-8-4-9-15-32/h3-21,29,33,36-37,44H,22-26,28H2,1-2H3,(H,40,45)(H,41,46)/t33-,36?,37?/m0/s1. The van der Waals surface area contributed by atoms with Crippen LogP contribution in [0.3, 0.4) is 0 Å². The predicted octanol–water partition coefficient (Wildman–Crippen LogP) is 6.46. The van der Waals surface area contributed by atoms with E-state index in [1.54, 1.807) is 0 Å². The van der Waals surface area contributed by atoms with E-state index in [9.17, 15) is 19.5 Å². The molecular formula is C39H44N3O6. The Morgan fingerprint density at radius 1 is 0.771 bits per heavy atom. The maximum Gasteiger partial charge on any atom is 0.407 e. The number of hydrogen-bond acceptors (Lipinski definition) is 6. The molecule has 3 atom stereocenters. The molecule has 4 aromatic carbocycles. The topological polar surface area (TPSA) is 117 Å². The van der Waals surface area contributed by atoms with Crippen molar-refractivity contribution < 1.29 is 29.0 Å². The lowest BCUT2D eigenvalue weighted by molar-refractivity contribution is 0.0786. The number of rotatable bonds is 17. The van der Waals surface area contributed by atoms with Crippen LogP contribution in [0.2, 0.25) is 0 Å². The molecule has 48 heavy (non-hydrogen) atoms. The molecule has 2 unspecified atom stereocenters. The fourth-order valence-electron chi connectivity index (χ4n) is 5.16. The molecule has 0 fully saturated rings. The van der Waals surface area contributed by atoms with Crippen molar-refractivity contribution in [2.75, 3.05) is 13.1 Å². The van der Waals surface area contributed by atoms with Gasteiger partial charge in [0.05, 0.1) is 24.7 Å². The summed E-state index contributed by atoms with van der Waals surface area (Å²) in [4.78, 5) is 39.6. The van der Waals surface area contributed by atoms with Crippen LogP contribution in [0.1, 0.15) is 37.0 Å². The van der Waals surface area contributed by atoms with Gasteiger partial charge in [-0.05, 0) is 66.1 Å². The number of aliphatic hydroxyl groups excluding tert-OH is 1. The van der Waals surface area contributed by atoms with Crippen LogP contribution in [0.25, 0.3) is 0 Å². The highest BCUT2D eigenvalue weighted by Crippen LogP contribution is 2.21. The Hall–Kier alpha value is -5.15. The van der Waals surface area contributed by atoms with Crippen LogP contribution < -0.4 is 15.4 Å². The highest BCUT2D eigenvalue weighted by molar-refractivity contribution is 5.78. The first-order valence-corrected chi connectivity index (χ1v) is 16.2. The first-order valence-electron chi connectivity index (χ1n) is 16.2. The molecule has 0 aliphatic carbocycles. The number of ether oxygens (including phenoxy) is 2. The molecule has 0 bridgehead atoms. The van der Waals surface area contributed by atoms with E-state index >= 15 is 0 Å². The highest BCUT2D eigenvalue weighted by Gasteiger charge is 2.28. The van der Waals surface area contributed by atoms with E-state index in [-0.39, 0.29) is 25.6 Å². The molecule has 251 valence electrons. The first kappa shape index (κ1) is 35.7. The fourth-order valence-corrected chi connectivity index (χ4v) is 5.16. The van der Waals surface area contributed by atoms with E-state index in [2.05, 4.69) is 10.6 Å². The summed E-state index contributed by atoms with van der Waals surface area (Å²) in [6.07, 6.45) is 1.29. The van der Waals surface area contributed by atoms with Gasteiger partial charge in [-0.3, -0.25) is 4.79 Å². The number of para-hydroxylation sites is 1. The summed E-state index contributed by atoms with van der Waals surface area (Å²) in [5, 5.41) is 17.1. The number of hydrogen-bond donors (Lipinski definition) is 3. The summed E-state index contributed by atoms with van der Waals surface area (Å²) in [6, 6.07) is 33.8. The average Bonchev–Trinajstić information content (AvgIpc) is 3.10. The third-order valence-corrected chi connectivity index (χ3v) is 7.69. The van der Waals surface area contributed by atoms with Gasteiger partial charge in [-0.2, -0.15) is 0 Å². The maximum atomic E-state index is 13.6. The van der Waals surface area contributed by atoms with Gasteiger partial charge in [-0.15, -0.1) is 0 Å². The molecule has 4 rings (SSSR count). The lowest BCUT2D eigenvalue weighted by atomic mass is 10.0. The molecule has 3 amide bonds. The minimum Gasteiger partial charge on any atom is -0.457 e. The highest BCUT2D eigenvalue weighted by atomic mass is 16.5. The van der Waals surface area contributed by atoms with Crippen molar-refractivity contribution in [3.05, 3.63) is 132 Å². The Morgan fingerprint density at radius 2 is 1.35 bits per heavy atom. The van der Waals surface area contributed by atoms with Crippen LogP contribution in [0.15, 0.2) is 115 Å².